The number of allylic oxidation sites excluding steroid dienone is 1. The fraction of sp³-hybridized carbons (Fsp3) is 0.200. The minimum absolute atomic E-state index is 0.0218. The van der Waals surface area contributed by atoms with Gasteiger partial charge in [0.05, 0.1) is 24.6 Å². The Kier molecular flexibility index (Phi) is 5.50. The number of hydrogen-bond donors (Lipinski definition) is 1. The number of aryl methyl sites for hydroxylation is 1. The van der Waals surface area contributed by atoms with Gasteiger partial charge in [0.1, 0.15) is 23.1 Å². The standard InChI is InChI=1S/C25H23N3O3/c1-3-30-19-11-9-18(10-12-19)22-20(14-26)24(27)31-21-13-16(2)28(25(29)23(21)22)15-17-7-5-4-6-8-17/h4-13,22H,3,15,27H2,1-2H3/t22-/m0/s1. The van der Waals surface area contributed by atoms with Gasteiger partial charge >= 0.3 is 0 Å². The molecule has 156 valence electrons. The Morgan fingerprint density at radius 1 is 1.16 bits per heavy atom. The van der Waals surface area contributed by atoms with Gasteiger partial charge < -0.3 is 19.8 Å². The van der Waals surface area contributed by atoms with E-state index in [-0.39, 0.29) is 17.0 Å². The van der Waals surface area contributed by atoms with Crippen LogP contribution in [0.25, 0.3) is 0 Å². The zero-order valence-electron chi connectivity index (χ0n) is 17.5. The Labute approximate surface area is 180 Å². The van der Waals surface area contributed by atoms with Gasteiger partial charge in [-0.1, -0.05) is 42.5 Å². The summed E-state index contributed by atoms with van der Waals surface area (Å²) in [5.41, 5.74) is 9.06. The molecule has 0 saturated heterocycles. The Morgan fingerprint density at radius 3 is 2.52 bits per heavy atom. The van der Waals surface area contributed by atoms with E-state index in [0.29, 0.717) is 24.5 Å². The number of nitrogens with zero attached hydrogens (tertiary/aromatic N) is 2. The fourth-order valence-electron chi connectivity index (χ4n) is 3.91. The van der Waals surface area contributed by atoms with Crippen molar-refractivity contribution >= 4 is 0 Å². The third-order valence-corrected chi connectivity index (χ3v) is 5.40. The molecule has 0 spiro atoms. The van der Waals surface area contributed by atoms with Crippen LogP contribution in [0.2, 0.25) is 0 Å². The van der Waals surface area contributed by atoms with E-state index in [1.54, 1.807) is 4.57 Å². The van der Waals surface area contributed by atoms with Crippen LogP contribution in [0.15, 0.2) is 76.9 Å². The monoisotopic (exact) mass is 413 g/mol. The maximum absolute atomic E-state index is 13.6. The van der Waals surface area contributed by atoms with Crippen LogP contribution in [0, 0.1) is 18.3 Å². The first-order valence-corrected chi connectivity index (χ1v) is 10.1. The second-order valence-corrected chi connectivity index (χ2v) is 7.37. The third-order valence-electron chi connectivity index (χ3n) is 5.40. The van der Waals surface area contributed by atoms with Gasteiger partial charge in [-0.25, -0.2) is 0 Å². The van der Waals surface area contributed by atoms with Crippen molar-refractivity contribution in [1.29, 1.82) is 5.26 Å². The molecule has 0 unspecified atom stereocenters. The molecule has 2 N–H and O–H groups in total. The number of benzene rings is 2. The predicted molar refractivity (Wildman–Crippen MR) is 118 cm³/mol. The summed E-state index contributed by atoms with van der Waals surface area (Å²) in [4.78, 5) is 13.6. The zero-order valence-corrected chi connectivity index (χ0v) is 17.5. The van der Waals surface area contributed by atoms with Gasteiger partial charge in [0.2, 0.25) is 5.88 Å². The molecule has 0 radical (unpaired) electrons. The van der Waals surface area contributed by atoms with E-state index in [4.69, 9.17) is 15.2 Å². The SMILES string of the molecule is CCOc1ccc([C@H]2C(C#N)=C(N)Oc3cc(C)n(Cc4ccccc4)c(=O)c32)cc1. The predicted octanol–water partition coefficient (Wildman–Crippen LogP) is 3.82. The molecule has 0 fully saturated rings. The van der Waals surface area contributed by atoms with E-state index in [1.807, 2.05) is 74.5 Å². The van der Waals surface area contributed by atoms with E-state index in [1.165, 1.54) is 0 Å². The maximum Gasteiger partial charge on any atom is 0.259 e. The summed E-state index contributed by atoms with van der Waals surface area (Å²) >= 11 is 0. The fourth-order valence-corrected chi connectivity index (χ4v) is 3.91. The van der Waals surface area contributed by atoms with Crippen molar-refractivity contribution in [3.05, 3.63) is 105 Å². The number of rotatable bonds is 5. The molecular weight excluding hydrogens is 390 g/mol. The molecule has 0 aliphatic carbocycles. The summed E-state index contributed by atoms with van der Waals surface area (Å²) in [7, 11) is 0. The van der Waals surface area contributed by atoms with Crippen molar-refractivity contribution in [2.24, 2.45) is 5.73 Å². The smallest absolute Gasteiger partial charge is 0.259 e. The highest BCUT2D eigenvalue weighted by Gasteiger charge is 2.34. The van der Waals surface area contributed by atoms with Gasteiger partial charge in [0, 0.05) is 11.8 Å². The van der Waals surface area contributed by atoms with Crippen molar-refractivity contribution in [2.45, 2.75) is 26.3 Å². The van der Waals surface area contributed by atoms with E-state index in [2.05, 4.69) is 6.07 Å². The third kappa shape index (κ3) is 3.78. The van der Waals surface area contributed by atoms with Crippen LogP contribution < -0.4 is 20.8 Å². The van der Waals surface area contributed by atoms with Gasteiger partial charge in [-0.05, 0) is 37.1 Å². The van der Waals surface area contributed by atoms with Crippen molar-refractivity contribution in [3.8, 4) is 17.6 Å². The Morgan fingerprint density at radius 2 is 1.87 bits per heavy atom. The Hall–Kier alpha value is -3.98. The number of nitrogens with two attached hydrogens (primary N) is 1. The van der Waals surface area contributed by atoms with Crippen molar-refractivity contribution in [2.75, 3.05) is 6.61 Å². The molecule has 0 bridgehead atoms. The van der Waals surface area contributed by atoms with Crippen LogP contribution in [0.1, 0.15) is 35.2 Å². The average Bonchev–Trinajstić information content (AvgIpc) is 2.77. The number of aromatic nitrogens is 1. The van der Waals surface area contributed by atoms with Crippen molar-refractivity contribution < 1.29 is 9.47 Å². The largest absolute Gasteiger partial charge is 0.494 e. The summed E-state index contributed by atoms with van der Waals surface area (Å²) in [5.74, 6) is 0.523. The van der Waals surface area contributed by atoms with Crippen LogP contribution in [-0.2, 0) is 6.54 Å². The molecule has 3 aromatic rings. The highest BCUT2D eigenvalue weighted by atomic mass is 16.5. The van der Waals surface area contributed by atoms with Crippen molar-refractivity contribution in [1.82, 2.24) is 4.57 Å². The lowest BCUT2D eigenvalue weighted by molar-refractivity contribution is 0.340. The van der Waals surface area contributed by atoms with Gasteiger partial charge in [0.15, 0.2) is 0 Å². The molecule has 1 aromatic heterocycles. The number of hydrogen-bond acceptors (Lipinski definition) is 5. The number of nitriles is 1. The summed E-state index contributed by atoms with van der Waals surface area (Å²) in [6, 6.07) is 21.1. The molecule has 1 atom stereocenters. The molecule has 31 heavy (non-hydrogen) atoms. The van der Waals surface area contributed by atoms with E-state index >= 15 is 0 Å². The summed E-state index contributed by atoms with van der Waals surface area (Å²) in [5, 5.41) is 9.81. The minimum atomic E-state index is -0.612. The second-order valence-electron chi connectivity index (χ2n) is 7.37. The van der Waals surface area contributed by atoms with Crippen LogP contribution in [0.5, 0.6) is 11.5 Å². The normalized spacial score (nSPS) is 15.1. The van der Waals surface area contributed by atoms with Crippen LogP contribution in [0.3, 0.4) is 0 Å². The first-order valence-electron chi connectivity index (χ1n) is 10.1. The van der Waals surface area contributed by atoms with Crippen LogP contribution in [0.4, 0.5) is 0 Å². The molecule has 6 nitrogen and oxygen atoms in total. The lowest BCUT2D eigenvalue weighted by atomic mass is 9.84. The van der Waals surface area contributed by atoms with E-state index in [0.717, 1.165) is 22.6 Å². The molecule has 0 saturated carbocycles. The first kappa shape index (κ1) is 20.3. The van der Waals surface area contributed by atoms with Crippen molar-refractivity contribution in [3.63, 3.8) is 0 Å². The summed E-state index contributed by atoms with van der Waals surface area (Å²) < 4.78 is 12.9. The van der Waals surface area contributed by atoms with Gasteiger partial charge in [-0.3, -0.25) is 4.79 Å². The molecule has 2 aromatic carbocycles. The quantitative estimate of drug-likeness (QED) is 0.687. The summed E-state index contributed by atoms with van der Waals surface area (Å²) in [6.45, 7) is 4.76. The van der Waals surface area contributed by atoms with Gasteiger partial charge in [-0.2, -0.15) is 5.26 Å². The lowest BCUT2D eigenvalue weighted by Gasteiger charge is -2.27. The lowest BCUT2D eigenvalue weighted by Crippen LogP contribution is -2.33. The number of pyridine rings is 1. The second kappa shape index (κ2) is 8.41. The van der Waals surface area contributed by atoms with E-state index in [9.17, 15) is 10.1 Å². The molecule has 6 heteroatoms. The van der Waals surface area contributed by atoms with Gasteiger partial charge in [-0.15, -0.1) is 0 Å². The Balaban J connectivity index is 1.87. The molecule has 0 amide bonds. The zero-order chi connectivity index (χ0) is 22.0. The molecule has 4 rings (SSSR count). The van der Waals surface area contributed by atoms with Crippen LogP contribution >= 0.6 is 0 Å². The minimum Gasteiger partial charge on any atom is -0.494 e. The average molecular weight is 413 g/mol. The highest BCUT2D eigenvalue weighted by molar-refractivity contribution is 5.55. The van der Waals surface area contributed by atoms with E-state index < -0.39 is 5.92 Å². The summed E-state index contributed by atoms with van der Waals surface area (Å²) in [6.07, 6.45) is 0. The van der Waals surface area contributed by atoms with Crippen LogP contribution in [-0.4, -0.2) is 11.2 Å². The molecule has 1 aliphatic rings. The first-order chi connectivity index (χ1) is 15.0. The Bertz CT molecular complexity index is 1240. The highest BCUT2D eigenvalue weighted by Crippen LogP contribution is 2.40. The maximum atomic E-state index is 13.6. The molecule has 1 aliphatic heterocycles. The molecule has 2 heterocycles. The van der Waals surface area contributed by atoms with Gasteiger partial charge in [0.25, 0.3) is 5.56 Å². The molecular formula is C25H23N3O3. The number of fused-ring (bicyclic) bond motifs is 1. The topological polar surface area (TPSA) is 90.3 Å². The number of ether oxygens (including phenoxy) is 2.